The van der Waals surface area contributed by atoms with E-state index in [2.05, 4.69) is 36.2 Å². The average molecular weight is 464 g/mol. The number of hydrogen-bond acceptors (Lipinski definition) is 6. The summed E-state index contributed by atoms with van der Waals surface area (Å²) < 4.78 is 2.01. The third-order valence-corrected chi connectivity index (χ3v) is 7.29. The summed E-state index contributed by atoms with van der Waals surface area (Å²) in [5.41, 5.74) is 6.33. The molecule has 32 heavy (non-hydrogen) atoms. The van der Waals surface area contributed by atoms with E-state index in [9.17, 15) is 4.79 Å². The highest BCUT2D eigenvalue weighted by Gasteiger charge is 2.19. The van der Waals surface area contributed by atoms with Gasteiger partial charge in [0.05, 0.1) is 11.4 Å². The number of hydrogen-bond donors (Lipinski definition) is 0. The van der Waals surface area contributed by atoms with Crippen molar-refractivity contribution in [1.29, 1.82) is 0 Å². The van der Waals surface area contributed by atoms with Gasteiger partial charge < -0.3 is 4.57 Å². The van der Waals surface area contributed by atoms with Crippen molar-refractivity contribution in [3.05, 3.63) is 70.2 Å². The summed E-state index contributed by atoms with van der Waals surface area (Å²) in [7, 11) is 1.98. The van der Waals surface area contributed by atoms with E-state index in [0.717, 1.165) is 33.5 Å². The first kappa shape index (κ1) is 22.2. The predicted molar refractivity (Wildman–Crippen MR) is 132 cm³/mol. The molecule has 0 N–H and O–H groups in total. The Kier molecular flexibility index (Phi) is 6.43. The number of benzene rings is 2. The summed E-state index contributed by atoms with van der Waals surface area (Å²) in [6, 6.07) is 14.2. The molecule has 0 radical (unpaired) electrons. The summed E-state index contributed by atoms with van der Waals surface area (Å²) in [4.78, 5) is 18.8. The normalized spacial score (nSPS) is 11.0. The van der Waals surface area contributed by atoms with Gasteiger partial charge in [-0.25, -0.2) is 4.98 Å². The van der Waals surface area contributed by atoms with Crippen LogP contribution in [-0.4, -0.2) is 25.7 Å². The van der Waals surface area contributed by atoms with Gasteiger partial charge in [-0.2, -0.15) is 0 Å². The fraction of sp³-hybridized carbons (Fsp3) is 0.250. The van der Waals surface area contributed by atoms with Gasteiger partial charge in [-0.05, 0) is 49.6 Å². The van der Waals surface area contributed by atoms with E-state index < -0.39 is 0 Å². The van der Waals surface area contributed by atoms with Crippen LogP contribution in [0.3, 0.4) is 0 Å². The molecule has 0 saturated heterocycles. The van der Waals surface area contributed by atoms with Crippen molar-refractivity contribution in [3.63, 3.8) is 0 Å². The zero-order chi connectivity index (χ0) is 22.8. The van der Waals surface area contributed by atoms with Crippen LogP contribution in [-0.2, 0) is 17.6 Å². The lowest BCUT2D eigenvalue weighted by Crippen LogP contribution is -2.22. The second-order valence-corrected chi connectivity index (χ2v) is 9.49. The predicted octanol–water partition coefficient (Wildman–Crippen LogP) is 5.84. The van der Waals surface area contributed by atoms with Crippen molar-refractivity contribution in [2.24, 2.45) is 7.05 Å². The Morgan fingerprint density at radius 1 is 1.06 bits per heavy atom. The molecule has 0 aliphatic rings. The van der Waals surface area contributed by atoms with Gasteiger partial charge in [-0.1, -0.05) is 42.1 Å². The molecule has 4 rings (SSSR count). The molecule has 164 valence electrons. The fourth-order valence-corrected chi connectivity index (χ4v) is 5.19. The van der Waals surface area contributed by atoms with Gasteiger partial charge in [0.1, 0.15) is 0 Å². The van der Waals surface area contributed by atoms with Crippen molar-refractivity contribution < 1.29 is 4.79 Å². The van der Waals surface area contributed by atoms with E-state index in [1.165, 1.54) is 22.5 Å². The lowest BCUT2D eigenvalue weighted by atomic mass is 10.1. The Labute approximate surface area is 196 Å². The summed E-state index contributed by atoms with van der Waals surface area (Å²) >= 11 is 3.06. The van der Waals surface area contributed by atoms with Crippen molar-refractivity contribution in [2.75, 3.05) is 4.90 Å². The molecule has 2 aromatic heterocycles. The minimum atomic E-state index is -0.0574. The summed E-state index contributed by atoms with van der Waals surface area (Å²) in [6.07, 6.45) is 0. The summed E-state index contributed by atoms with van der Waals surface area (Å²) in [5, 5.41) is 12.3. The number of amides is 1. The molecule has 4 aromatic rings. The van der Waals surface area contributed by atoms with Crippen LogP contribution in [0.25, 0.3) is 11.4 Å². The number of thiazole rings is 1. The van der Waals surface area contributed by atoms with Crippen LogP contribution in [0, 0.1) is 20.8 Å². The Balaban J connectivity index is 1.52. The Morgan fingerprint density at radius 2 is 1.84 bits per heavy atom. The minimum Gasteiger partial charge on any atom is -0.305 e. The van der Waals surface area contributed by atoms with Crippen LogP contribution in [0.4, 0.5) is 10.8 Å². The number of rotatable bonds is 6. The molecule has 2 aromatic carbocycles. The van der Waals surface area contributed by atoms with Gasteiger partial charge >= 0.3 is 0 Å². The SMILES string of the molecule is CC(=O)N(c1ccc(C)c(C)c1)c1nc(CSc2nnc(-c3ccccc3C)n2C)cs1. The maximum absolute atomic E-state index is 12.4. The molecule has 1 amide bonds. The van der Waals surface area contributed by atoms with E-state index in [-0.39, 0.29) is 5.91 Å². The molecule has 8 heteroatoms. The number of aromatic nitrogens is 4. The Hall–Kier alpha value is -2.97. The molecule has 0 bridgehead atoms. The molecular weight excluding hydrogens is 438 g/mol. The first-order chi connectivity index (χ1) is 15.3. The quantitative estimate of drug-likeness (QED) is 0.336. The molecule has 0 aliphatic heterocycles. The van der Waals surface area contributed by atoms with Gasteiger partial charge in [0.15, 0.2) is 16.1 Å². The molecule has 6 nitrogen and oxygen atoms in total. The number of nitrogens with zero attached hydrogens (tertiary/aromatic N) is 5. The number of aryl methyl sites for hydroxylation is 3. The van der Waals surface area contributed by atoms with Crippen molar-refractivity contribution in [2.45, 2.75) is 38.6 Å². The van der Waals surface area contributed by atoms with Gasteiger partial charge in [-0.3, -0.25) is 9.69 Å². The zero-order valence-corrected chi connectivity index (χ0v) is 20.4. The Morgan fingerprint density at radius 3 is 2.56 bits per heavy atom. The van der Waals surface area contributed by atoms with Gasteiger partial charge in [-0.15, -0.1) is 21.5 Å². The molecule has 0 atom stereocenters. The van der Waals surface area contributed by atoms with E-state index in [1.54, 1.807) is 23.6 Å². The highest BCUT2D eigenvalue weighted by molar-refractivity contribution is 7.98. The fourth-order valence-electron chi connectivity index (χ4n) is 3.39. The van der Waals surface area contributed by atoms with Gasteiger partial charge in [0.2, 0.25) is 5.91 Å². The lowest BCUT2D eigenvalue weighted by molar-refractivity contribution is -0.115. The van der Waals surface area contributed by atoms with Crippen molar-refractivity contribution in [1.82, 2.24) is 19.7 Å². The van der Waals surface area contributed by atoms with Crippen LogP contribution in [0.1, 0.15) is 29.3 Å². The molecule has 2 heterocycles. The first-order valence-corrected chi connectivity index (χ1v) is 12.1. The number of carbonyl (C=O) groups excluding carboxylic acids is 1. The van der Waals surface area contributed by atoms with Gasteiger partial charge in [0, 0.05) is 30.7 Å². The maximum atomic E-state index is 12.4. The number of thioether (sulfide) groups is 1. The monoisotopic (exact) mass is 463 g/mol. The average Bonchev–Trinajstić information content (AvgIpc) is 3.36. The number of carbonyl (C=O) groups is 1. The van der Waals surface area contributed by atoms with Crippen LogP contribution in [0.5, 0.6) is 0 Å². The van der Waals surface area contributed by atoms with Crippen molar-refractivity contribution >= 4 is 39.8 Å². The third kappa shape index (κ3) is 4.47. The van der Waals surface area contributed by atoms with E-state index in [0.29, 0.717) is 10.9 Å². The van der Waals surface area contributed by atoms with Crippen LogP contribution >= 0.6 is 23.1 Å². The maximum Gasteiger partial charge on any atom is 0.230 e. The minimum absolute atomic E-state index is 0.0574. The Bertz CT molecular complexity index is 1280. The molecule has 0 aliphatic carbocycles. The summed E-state index contributed by atoms with van der Waals surface area (Å²) in [6.45, 7) is 7.75. The highest BCUT2D eigenvalue weighted by Crippen LogP contribution is 2.32. The molecule has 0 fully saturated rings. The molecule has 0 saturated carbocycles. The van der Waals surface area contributed by atoms with E-state index in [4.69, 9.17) is 4.98 Å². The zero-order valence-electron chi connectivity index (χ0n) is 18.8. The summed E-state index contributed by atoms with van der Waals surface area (Å²) in [5.74, 6) is 1.44. The second kappa shape index (κ2) is 9.26. The topological polar surface area (TPSA) is 63.9 Å². The smallest absolute Gasteiger partial charge is 0.230 e. The third-order valence-electron chi connectivity index (χ3n) is 5.36. The van der Waals surface area contributed by atoms with Crippen LogP contribution in [0.2, 0.25) is 0 Å². The second-order valence-electron chi connectivity index (χ2n) is 7.71. The largest absolute Gasteiger partial charge is 0.305 e. The number of anilines is 2. The van der Waals surface area contributed by atoms with E-state index in [1.807, 2.05) is 54.3 Å². The van der Waals surface area contributed by atoms with Gasteiger partial charge in [0.25, 0.3) is 0 Å². The lowest BCUT2D eigenvalue weighted by Gasteiger charge is -2.19. The van der Waals surface area contributed by atoms with Crippen LogP contribution in [0.15, 0.2) is 53.0 Å². The molecule has 0 unspecified atom stereocenters. The standard InChI is InChI=1S/C24H25N5OS2/c1-15-10-11-20(12-17(15)3)29(18(4)30)23-25-19(13-31-23)14-32-24-27-26-22(28(24)5)21-9-7-6-8-16(21)2/h6-13H,14H2,1-5H3. The van der Waals surface area contributed by atoms with E-state index >= 15 is 0 Å². The first-order valence-electron chi connectivity index (χ1n) is 10.3. The molecular formula is C24H25N5OS2. The van der Waals surface area contributed by atoms with Crippen LogP contribution < -0.4 is 4.90 Å². The van der Waals surface area contributed by atoms with Crippen molar-refractivity contribution in [3.8, 4) is 11.4 Å². The molecule has 0 spiro atoms. The highest BCUT2D eigenvalue weighted by atomic mass is 32.2.